The van der Waals surface area contributed by atoms with Crippen molar-refractivity contribution < 1.29 is 14.3 Å². The SMILES string of the molecule is O=C(NCCC(=O)OCc1c(Cl)cccc1Cl)Nc1ccccc1. The summed E-state index contributed by atoms with van der Waals surface area (Å²) in [6.45, 7) is 0.154. The third-order valence-electron chi connectivity index (χ3n) is 3.09. The van der Waals surface area contributed by atoms with E-state index in [0.717, 1.165) is 0 Å². The summed E-state index contributed by atoms with van der Waals surface area (Å²) in [5.74, 6) is -0.453. The molecule has 0 aliphatic rings. The molecule has 2 aromatic rings. The van der Waals surface area contributed by atoms with Crippen molar-refractivity contribution in [2.45, 2.75) is 13.0 Å². The highest BCUT2D eigenvalue weighted by Gasteiger charge is 2.10. The molecule has 2 rings (SSSR count). The Morgan fingerprint density at radius 2 is 1.62 bits per heavy atom. The van der Waals surface area contributed by atoms with Gasteiger partial charge < -0.3 is 15.4 Å². The minimum Gasteiger partial charge on any atom is -0.461 e. The summed E-state index contributed by atoms with van der Waals surface area (Å²) < 4.78 is 5.11. The Hall–Kier alpha value is -2.24. The fraction of sp³-hybridized carbons (Fsp3) is 0.176. The zero-order valence-electron chi connectivity index (χ0n) is 12.7. The molecule has 0 aliphatic carbocycles. The lowest BCUT2D eigenvalue weighted by Gasteiger charge is -2.09. The number of rotatable bonds is 6. The monoisotopic (exact) mass is 366 g/mol. The molecule has 2 amide bonds. The van der Waals surface area contributed by atoms with E-state index in [1.165, 1.54) is 0 Å². The summed E-state index contributed by atoms with van der Waals surface area (Å²) >= 11 is 12.0. The molecule has 0 saturated carbocycles. The molecule has 0 bridgehead atoms. The van der Waals surface area contributed by atoms with Crippen LogP contribution in [0.4, 0.5) is 10.5 Å². The third-order valence-corrected chi connectivity index (χ3v) is 3.79. The molecule has 0 radical (unpaired) electrons. The quantitative estimate of drug-likeness (QED) is 0.750. The van der Waals surface area contributed by atoms with Gasteiger partial charge in [-0.25, -0.2) is 4.79 Å². The first-order valence-electron chi connectivity index (χ1n) is 7.24. The molecular weight excluding hydrogens is 351 g/mol. The minimum absolute atomic E-state index is 0.00640. The number of urea groups is 1. The van der Waals surface area contributed by atoms with Crippen molar-refractivity contribution in [1.82, 2.24) is 5.32 Å². The van der Waals surface area contributed by atoms with Crippen molar-refractivity contribution in [3.8, 4) is 0 Å². The summed E-state index contributed by atoms with van der Waals surface area (Å²) in [5.41, 5.74) is 1.23. The van der Waals surface area contributed by atoms with E-state index in [1.807, 2.05) is 18.2 Å². The van der Waals surface area contributed by atoms with Gasteiger partial charge in [0.2, 0.25) is 0 Å². The standard InChI is InChI=1S/C17H16Cl2N2O3/c18-14-7-4-8-15(19)13(14)11-24-16(22)9-10-20-17(23)21-12-5-2-1-3-6-12/h1-8H,9-11H2,(H2,20,21,23). The van der Waals surface area contributed by atoms with Gasteiger partial charge in [-0.05, 0) is 24.3 Å². The maximum absolute atomic E-state index is 11.7. The fourth-order valence-corrected chi connectivity index (χ4v) is 2.38. The molecule has 2 aromatic carbocycles. The molecule has 24 heavy (non-hydrogen) atoms. The topological polar surface area (TPSA) is 67.4 Å². The van der Waals surface area contributed by atoms with Crippen LogP contribution in [0, 0.1) is 0 Å². The molecule has 7 heteroatoms. The Kier molecular flexibility index (Phi) is 6.90. The second-order valence-electron chi connectivity index (χ2n) is 4.86. The van der Waals surface area contributed by atoms with Gasteiger partial charge in [-0.2, -0.15) is 0 Å². The van der Waals surface area contributed by atoms with Crippen molar-refractivity contribution in [3.05, 3.63) is 64.1 Å². The number of amides is 2. The summed E-state index contributed by atoms with van der Waals surface area (Å²) in [6, 6.07) is 13.7. The van der Waals surface area contributed by atoms with Crippen molar-refractivity contribution in [1.29, 1.82) is 0 Å². The van der Waals surface area contributed by atoms with Gasteiger partial charge in [-0.15, -0.1) is 0 Å². The molecule has 0 saturated heterocycles. The fourth-order valence-electron chi connectivity index (χ4n) is 1.87. The van der Waals surface area contributed by atoms with E-state index in [9.17, 15) is 9.59 Å². The molecule has 5 nitrogen and oxygen atoms in total. The highest BCUT2D eigenvalue weighted by atomic mass is 35.5. The molecule has 0 spiro atoms. The molecule has 0 fully saturated rings. The van der Waals surface area contributed by atoms with Gasteiger partial charge in [0.05, 0.1) is 6.42 Å². The van der Waals surface area contributed by atoms with Gasteiger partial charge in [-0.1, -0.05) is 47.5 Å². The van der Waals surface area contributed by atoms with Gasteiger partial charge in [-0.3, -0.25) is 4.79 Å². The van der Waals surface area contributed by atoms with Crippen LogP contribution in [-0.2, 0) is 16.1 Å². The molecule has 126 valence electrons. The highest BCUT2D eigenvalue weighted by molar-refractivity contribution is 6.35. The largest absolute Gasteiger partial charge is 0.461 e. The zero-order valence-corrected chi connectivity index (χ0v) is 14.2. The number of benzene rings is 2. The predicted octanol–water partition coefficient (Wildman–Crippen LogP) is 4.25. The first-order valence-corrected chi connectivity index (χ1v) is 8.00. The third kappa shape index (κ3) is 5.76. The van der Waals surface area contributed by atoms with E-state index in [0.29, 0.717) is 21.3 Å². The summed E-state index contributed by atoms with van der Waals surface area (Å²) in [4.78, 5) is 23.4. The Balaban J connectivity index is 1.69. The van der Waals surface area contributed by atoms with Gasteiger partial charge >= 0.3 is 12.0 Å². The van der Waals surface area contributed by atoms with E-state index in [1.54, 1.807) is 30.3 Å². The Morgan fingerprint density at radius 1 is 0.958 bits per heavy atom. The van der Waals surface area contributed by atoms with E-state index < -0.39 is 5.97 Å². The lowest BCUT2D eigenvalue weighted by Crippen LogP contribution is -2.30. The second-order valence-corrected chi connectivity index (χ2v) is 5.67. The highest BCUT2D eigenvalue weighted by Crippen LogP contribution is 2.24. The normalized spacial score (nSPS) is 10.1. The van der Waals surface area contributed by atoms with Crippen LogP contribution in [0.25, 0.3) is 0 Å². The summed E-state index contributed by atoms with van der Waals surface area (Å²) in [6.07, 6.45) is 0.0459. The average molecular weight is 367 g/mol. The molecule has 2 N–H and O–H groups in total. The number of ether oxygens (including phenoxy) is 1. The molecule has 0 aromatic heterocycles. The summed E-state index contributed by atoms with van der Waals surface area (Å²) in [7, 11) is 0. The molecule has 0 heterocycles. The Bertz CT molecular complexity index is 688. The second kappa shape index (κ2) is 9.15. The van der Waals surface area contributed by atoms with Crippen LogP contribution < -0.4 is 10.6 Å². The first kappa shape index (κ1) is 18.1. The van der Waals surface area contributed by atoms with Crippen molar-refractivity contribution in [3.63, 3.8) is 0 Å². The van der Waals surface area contributed by atoms with Gasteiger partial charge in [0.15, 0.2) is 0 Å². The van der Waals surface area contributed by atoms with E-state index in [4.69, 9.17) is 27.9 Å². The average Bonchev–Trinajstić information content (AvgIpc) is 2.55. The van der Waals surface area contributed by atoms with Crippen LogP contribution in [0.3, 0.4) is 0 Å². The number of halogens is 2. The minimum atomic E-state index is -0.453. The summed E-state index contributed by atoms with van der Waals surface area (Å²) in [5, 5.41) is 6.11. The van der Waals surface area contributed by atoms with E-state index >= 15 is 0 Å². The van der Waals surface area contributed by atoms with Crippen molar-refractivity contribution in [2.75, 3.05) is 11.9 Å². The maximum atomic E-state index is 11.7. The van der Waals surface area contributed by atoms with Gasteiger partial charge in [0.25, 0.3) is 0 Å². The Labute approximate surface area is 149 Å². The van der Waals surface area contributed by atoms with Crippen LogP contribution in [0.1, 0.15) is 12.0 Å². The van der Waals surface area contributed by atoms with E-state index in [2.05, 4.69) is 10.6 Å². The number of carbonyl (C=O) groups is 2. The van der Waals surface area contributed by atoms with Crippen LogP contribution in [0.15, 0.2) is 48.5 Å². The number of esters is 1. The molecule has 0 atom stereocenters. The van der Waals surface area contributed by atoms with Crippen LogP contribution in [-0.4, -0.2) is 18.5 Å². The van der Waals surface area contributed by atoms with Crippen LogP contribution in [0.5, 0.6) is 0 Å². The van der Waals surface area contributed by atoms with E-state index in [-0.39, 0.29) is 25.6 Å². The number of nitrogens with one attached hydrogen (secondary N) is 2. The predicted molar refractivity (Wildman–Crippen MR) is 94.3 cm³/mol. The lowest BCUT2D eigenvalue weighted by molar-refractivity contribution is -0.144. The Morgan fingerprint density at radius 3 is 2.29 bits per heavy atom. The number of para-hydroxylation sites is 1. The zero-order chi connectivity index (χ0) is 17.4. The van der Waals surface area contributed by atoms with Gasteiger partial charge in [0.1, 0.15) is 6.61 Å². The number of hydrogen-bond acceptors (Lipinski definition) is 3. The number of hydrogen-bond donors (Lipinski definition) is 2. The maximum Gasteiger partial charge on any atom is 0.319 e. The lowest BCUT2D eigenvalue weighted by atomic mass is 10.2. The first-order chi connectivity index (χ1) is 11.6. The smallest absolute Gasteiger partial charge is 0.319 e. The molecule has 0 unspecified atom stereocenters. The van der Waals surface area contributed by atoms with Gasteiger partial charge in [0, 0.05) is 27.8 Å². The van der Waals surface area contributed by atoms with Crippen LogP contribution in [0.2, 0.25) is 10.0 Å². The van der Waals surface area contributed by atoms with Crippen molar-refractivity contribution in [2.24, 2.45) is 0 Å². The number of anilines is 1. The molecular formula is C17H16Cl2N2O3. The number of carbonyl (C=O) groups excluding carboxylic acids is 2. The van der Waals surface area contributed by atoms with Crippen molar-refractivity contribution >= 4 is 40.9 Å². The van der Waals surface area contributed by atoms with Crippen LogP contribution >= 0.6 is 23.2 Å². The molecule has 0 aliphatic heterocycles.